The van der Waals surface area contributed by atoms with Gasteiger partial charge in [-0.25, -0.2) is 9.59 Å². The maximum atomic E-state index is 12.0. The molecule has 3 rings (SSSR count). The zero-order valence-electron chi connectivity index (χ0n) is 10.3. The standard InChI is InChI=1S/C14H13NO4/c16-12-11(8-10-4-3-7-15-9-10)13(17)19-14(18-12)5-1-2-6-14/h3-4,7-9H,1-2,5-6H2. The summed E-state index contributed by atoms with van der Waals surface area (Å²) < 4.78 is 10.6. The molecule has 1 aromatic heterocycles. The number of pyridine rings is 1. The first-order valence-corrected chi connectivity index (χ1v) is 6.27. The predicted molar refractivity (Wildman–Crippen MR) is 65.6 cm³/mol. The van der Waals surface area contributed by atoms with Crippen molar-refractivity contribution in [3.8, 4) is 0 Å². The van der Waals surface area contributed by atoms with Gasteiger partial charge in [-0.15, -0.1) is 0 Å². The van der Waals surface area contributed by atoms with Crippen molar-refractivity contribution in [2.45, 2.75) is 31.5 Å². The van der Waals surface area contributed by atoms with Gasteiger partial charge in [-0.05, 0) is 30.5 Å². The molecule has 19 heavy (non-hydrogen) atoms. The van der Waals surface area contributed by atoms with Gasteiger partial charge >= 0.3 is 11.9 Å². The molecule has 1 aromatic rings. The third-order valence-electron chi connectivity index (χ3n) is 3.36. The zero-order chi connectivity index (χ0) is 13.3. The Balaban J connectivity index is 1.87. The van der Waals surface area contributed by atoms with Crippen LogP contribution >= 0.6 is 0 Å². The summed E-state index contributed by atoms with van der Waals surface area (Å²) in [5.74, 6) is -2.23. The Hall–Kier alpha value is -2.17. The number of aromatic nitrogens is 1. The van der Waals surface area contributed by atoms with Crippen molar-refractivity contribution in [1.29, 1.82) is 0 Å². The number of nitrogens with zero attached hydrogens (tertiary/aromatic N) is 1. The third-order valence-corrected chi connectivity index (χ3v) is 3.36. The van der Waals surface area contributed by atoms with E-state index in [1.165, 1.54) is 6.08 Å². The average molecular weight is 259 g/mol. The van der Waals surface area contributed by atoms with Crippen molar-refractivity contribution >= 4 is 18.0 Å². The minimum Gasteiger partial charge on any atom is -0.419 e. The Labute approximate surface area is 110 Å². The van der Waals surface area contributed by atoms with Crippen molar-refractivity contribution < 1.29 is 19.1 Å². The fourth-order valence-corrected chi connectivity index (χ4v) is 2.42. The quantitative estimate of drug-likeness (QED) is 0.437. The Kier molecular flexibility index (Phi) is 2.81. The molecule has 2 aliphatic rings. The summed E-state index contributed by atoms with van der Waals surface area (Å²) in [6.07, 6.45) is 7.61. The lowest BCUT2D eigenvalue weighted by atomic mass is 10.1. The van der Waals surface area contributed by atoms with Gasteiger partial charge in [-0.3, -0.25) is 4.98 Å². The summed E-state index contributed by atoms with van der Waals surface area (Å²) in [4.78, 5) is 27.8. The molecule has 0 N–H and O–H groups in total. The van der Waals surface area contributed by atoms with Crippen LogP contribution in [-0.4, -0.2) is 22.7 Å². The SMILES string of the molecule is O=C1OC2(CCCC2)OC(=O)C1=Cc1cccnc1. The fourth-order valence-electron chi connectivity index (χ4n) is 2.42. The van der Waals surface area contributed by atoms with Crippen LogP contribution in [-0.2, 0) is 19.1 Å². The number of esters is 2. The van der Waals surface area contributed by atoms with Gasteiger partial charge < -0.3 is 9.47 Å². The predicted octanol–water partition coefficient (Wildman–Crippen LogP) is 1.84. The van der Waals surface area contributed by atoms with E-state index in [0.29, 0.717) is 18.4 Å². The number of hydrogen-bond donors (Lipinski definition) is 0. The highest BCUT2D eigenvalue weighted by Gasteiger charge is 2.47. The summed E-state index contributed by atoms with van der Waals surface area (Å²) >= 11 is 0. The molecule has 0 aromatic carbocycles. The number of carbonyl (C=O) groups excluding carboxylic acids is 2. The third kappa shape index (κ3) is 2.23. The van der Waals surface area contributed by atoms with Gasteiger partial charge in [0.25, 0.3) is 5.79 Å². The van der Waals surface area contributed by atoms with E-state index in [1.54, 1.807) is 24.5 Å². The van der Waals surface area contributed by atoms with Crippen molar-refractivity contribution in [2.75, 3.05) is 0 Å². The molecule has 5 nitrogen and oxygen atoms in total. The van der Waals surface area contributed by atoms with Gasteiger partial charge in [-0.1, -0.05) is 6.07 Å². The highest BCUT2D eigenvalue weighted by Crippen LogP contribution is 2.38. The molecule has 2 heterocycles. The van der Waals surface area contributed by atoms with Crippen LogP contribution in [0.2, 0.25) is 0 Å². The molecule has 1 saturated heterocycles. The second-order valence-corrected chi connectivity index (χ2v) is 4.74. The summed E-state index contributed by atoms with van der Waals surface area (Å²) in [5.41, 5.74) is 0.583. The van der Waals surface area contributed by atoms with Crippen molar-refractivity contribution in [1.82, 2.24) is 4.98 Å². The summed E-state index contributed by atoms with van der Waals surface area (Å²) in [6, 6.07) is 3.48. The van der Waals surface area contributed by atoms with Gasteiger partial charge in [0.1, 0.15) is 5.57 Å². The molecule has 0 unspecified atom stereocenters. The first-order valence-electron chi connectivity index (χ1n) is 6.27. The van der Waals surface area contributed by atoms with Gasteiger partial charge in [0, 0.05) is 25.2 Å². The normalized spacial score (nSPS) is 21.2. The number of rotatable bonds is 1. The van der Waals surface area contributed by atoms with Crippen molar-refractivity contribution in [2.24, 2.45) is 0 Å². The van der Waals surface area contributed by atoms with Crippen LogP contribution in [0.1, 0.15) is 31.2 Å². The van der Waals surface area contributed by atoms with Crippen molar-refractivity contribution in [3.63, 3.8) is 0 Å². The Morgan fingerprint density at radius 1 is 1.16 bits per heavy atom. The topological polar surface area (TPSA) is 65.5 Å². The molecular formula is C14H13NO4. The van der Waals surface area contributed by atoms with Gasteiger partial charge in [0.15, 0.2) is 0 Å². The van der Waals surface area contributed by atoms with E-state index >= 15 is 0 Å². The monoisotopic (exact) mass is 259 g/mol. The first kappa shape index (κ1) is 11.9. The van der Waals surface area contributed by atoms with Gasteiger partial charge in [0.2, 0.25) is 0 Å². The van der Waals surface area contributed by atoms with E-state index in [0.717, 1.165) is 12.8 Å². The molecule has 5 heteroatoms. The van der Waals surface area contributed by atoms with Gasteiger partial charge in [-0.2, -0.15) is 0 Å². The Bertz CT molecular complexity index is 522. The minimum absolute atomic E-state index is 0.0782. The molecule has 0 bridgehead atoms. The maximum absolute atomic E-state index is 12.0. The van der Waals surface area contributed by atoms with E-state index in [9.17, 15) is 9.59 Å². The number of ether oxygens (including phenoxy) is 2. The smallest absolute Gasteiger partial charge is 0.348 e. The van der Waals surface area contributed by atoms with Crippen LogP contribution < -0.4 is 0 Å². The molecule has 1 spiro atoms. The van der Waals surface area contributed by atoms with Crippen LogP contribution in [0.15, 0.2) is 30.1 Å². The summed E-state index contributed by atoms with van der Waals surface area (Å²) in [5, 5.41) is 0. The lowest BCUT2D eigenvalue weighted by Gasteiger charge is -2.32. The molecule has 0 amide bonds. The highest BCUT2D eigenvalue weighted by molar-refractivity contribution is 6.18. The maximum Gasteiger partial charge on any atom is 0.348 e. The molecule has 1 aliphatic heterocycles. The molecule has 0 atom stereocenters. The molecule has 2 fully saturated rings. The first-order chi connectivity index (χ1) is 9.19. The summed E-state index contributed by atoms with van der Waals surface area (Å²) in [7, 11) is 0. The molecule has 1 aliphatic carbocycles. The van der Waals surface area contributed by atoms with E-state index in [2.05, 4.69) is 4.98 Å². The average Bonchev–Trinajstić information content (AvgIpc) is 2.83. The second kappa shape index (κ2) is 4.50. The molecule has 98 valence electrons. The van der Waals surface area contributed by atoms with Crippen LogP contribution in [0, 0.1) is 0 Å². The molecule has 1 saturated carbocycles. The molecular weight excluding hydrogens is 246 g/mol. The Morgan fingerprint density at radius 3 is 2.42 bits per heavy atom. The molecule has 0 radical (unpaired) electrons. The largest absolute Gasteiger partial charge is 0.419 e. The number of hydrogen-bond acceptors (Lipinski definition) is 5. The lowest BCUT2D eigenvalue weighted by Crippen LogP contribution is -2.44. The van der Waals surface area contributed by atoms with E-state index in [-0.39, 0.29) is 5.57 Å². The Morgan fingerprint density at radius 2 is 1.84 bits per heavy atom. The highest BCUT2D eigenvalue weighted by atomic mass is 16.7. The zero-order valence-corrected chi connectivity index (χ0v) is 10.3. The van der Waals surface area contributed by atoms with E-state index in [4.69, 9.17) is 9.47 Å². The van der Waals surface area contributed by atoms with Crippen LogP contribution in [0.4, 0.5) is 0 Å². The van der Waals surface area contributed by atoms with Crippen LogP contribution in [0.5, 0.6) is 0 Å². The minimum atomic E-state index is -1.01. The van der Waals surface area contributed by atoms with Crippen LogP contribution in [0.25, 0.3) is 6.08 Å². The lowest BCUT2D eigenvalue weighted by molar-refractivity contribution is -0.232. The van der Waals surface area contributed by atoms with E-state index in [1.807, 2.05) is 0 Å². The van der Waals surface area contributed by atoms with Gasteiger partial charge in [0.05, 0.1) is 0 Å². The second-order valence-electron chi connectivity index (χ2n) is 4.74. The van der Waals surface area contributed by atoms with E-state index < -0.39 is 17.7 Å². The fraction of sp³-hybridized carbons (Fsp3) is 0.357. The summed E-state index contributed by atoms with van der Waals surface area (Å²) in [6.45, 7) is 0. The van der Waals surface area contributed by atoms with Crippen LogP contribution in [0.3, 0.4) is 0 Å². The van der Waals surface area contributed by atoms with Crippen molar-refractivity contribution in [3.05, 3.63) is 35.7 Å². The number of carbonyl (C=O) groups is 2.